The second-order valence-corrected chi connectivity index (χ2v) is 6.10. The van der Waals surface area contributed by atoms with E-state index in [0.717, 1.165) is 0 Å². The van der Waals surface area contributed by atoms with Gasteiger partial charge in [-0.15, -0.1) is 0 Å². The first kappa shape index (κ1) is 13.4. The summed E-state index contributed by atoms with van der Waals surface area (Å²) in [5.41, 5.74) is -2.14. The lowest BCUT2D eigenvalue weighted by molar-refractivity contribution is -0.159. The van der Waals surface area contributed by atoms with E-state index in [1.165, 1.54) is 6.92 Å². The van der Waals surface area contributed by atoms with E-state index in [0.29, 0.717) is 0 Å². The monoisotopic (exact) mass is 254 g/mol. The molecule has 0 amide bonds. The van der Waals surface area contributed by atoms with Crippen LogP contribution in [0.4, 0.5) is 4.39 Å². The summed E-state index contributed by atoms with van der Waals surface area (Å²) in [5, 5.41) is 9.82. The number of ether oxygens (including phenoxy) is 1. The highest BCUT2D eigenvalue weighted by Gasteiger charge is 2.48. The third-order valence-corrected chi connectivity index (χ3v) is 4.35. The molecule has 2 atom stereocenters. The highest BCUT2D eigenvalue weighted by molar-refractivity contribution is 7.91. The van der Waals surface area contributed by atoms with Crippen LogP contribution in [0.5, 0.6) is 0 Å². The fourth-order valence-corrected chi connectivity index (χ4v) is 3.54. The second kappa shape index (κ2) is 4.67. The maximum atomic E-state index is 13.6. The molecule has 0 aliphatic carbocycles. The molecule has 0 aromatic heterocycles. The standard InChI is InChI=1S/C9H15FO5S/c1-2-15-8(11)7(10)9(12)4-3-5-16(13,14)6-9/h7,12H,2-6H2,1H3. The summed E-state index contributed by atoms with van der Waals surface area (Å²) < 4.78 is 40.6. The average Bonchev–Trinajstić information content (AvgIpc) is 2.15. The Hall–Kier alpha value is -0.690. The number of sulfone groups is 1. The molecule has 94 valence electrons. The Morgan fingerprint density at radius 3 is 2.75 bits per heavy atom. The third kappa shape index (κ3) is 2.91. The van der Waals surface area contributed by atoms with Crippen molar-refractivity contribution >= 4 is 15.8 Å². The van der Waals surface area contributed by atoms with Crippen LogP contribution < -0.4 is 0 Å². The normalized spacial score (nSPS) is 30.7. The summed E-state index contributed by atoms with van der Waals surface area (Å²) in [6.45, 7) is 1.49. The van der Waals surface area contributed by atoms with E-state index in [2.05, 4.69) is 4.74 Å². The van der Waals surface area contributed by atoms with Crippen LogP contribution in [-0.2, 0) is 19.4 Å². The van der Waals surface area contributed by atoms with Crippen molar-refractivity contribution in [3.05, 3.63) is 0 Å². The Bertz CT molecular complexity index is 366. The molecule has 16 heavy (non-hydrogen) atoms. The van der Waals surface area contributed by atoms with E-state index in [4.69, 9.17) is 0 Å². The van der Waals surface area contributed by atoms with Crippen LogP contribution in [0.3, 0.4) is 0 Å². The minimum absolute atomic E-state index is 0.0118. The number of halogens is 1. The van der Waals surface area contributed by atoms with Crippen molar-refractivity contribution in [1.82, 2.24) is 0 Å². The van der Waals surface area contributed by atoms with Gasteiger partial charge in [-0.1, -0.05) is 0 Å². The predicted octanol–water partition coefficient (Wildman–Crippen LogP) is -0.173. The Morgan fingerprint density at radius 2 is 2.25 bits per heavy atom. The van der Waals surface area contributed by atoms with Crippen molar-refractivity contribution < 1.29 is 27.4 Å². The molecule has 1 saturated heterocycles. The number of rotatable bonds is 3. The van der Waals surface area contributed by atoms with Crippen LogP contribution in [0.25, 0.3) is 0 Å². The largest absolute Gasteiger partial charge is 0.464 e. The maximum absolute atomic E-state index is 13.6. The minimum Gasteiger partial charge on any atom is -0.464 e. The van der Waals surface area contributed by atoms with Crippen LogP contribution in [-0.4, -0.2) is 49.4 Å². The lowest BCUT2D eigenvalue weighted by Crippen LogP contribution is -2.53. The molecule has 0 saturated carbocycles. The van der Waals surface area contributed by atoms with Crippen molar-refractivity contribution in [3.8, 4) is 0 Å². The zero-order chi connectivity index (χ0) is 12.4. The van der Waals surface area contributed by atoms with Gasteiger partial charge in [-0.3, -0.25) is 0 Å². The molecule has 1 N–H and O–H groups in total. The maximum Gasteiger partial charge on any atom is 0.343 e. The van der Waals surface area contributed by atoms with E-state index < -0.39 is 33.3 Å². The van der Waals surface area contributed by atoms with Crippen LogP contribution in [0.1, 0.15) is 19.8 Å². The molecule has 1 heterocycles. The quantitative estimate of drug-likeness (QED) is 0.707. The zero-order valence-electron chi connectivity index (χ0n) is 8.98. The Balaban J connectivity index is 2.80. The fourth-order valence-electron chi connectivity index (χ4n) is 1.76. The summed E-state index contributed by atoms with van der Waals surface area (Å²) in [7, 11) is -3.48. The van der Waals surface area contributed by atoms with Gasteiger partial charge in [0, 0.05) is 0 Å². The summed E-state index contributed by atoms with van der Waals surface area (Å²) in [5.74, 6) is -2.01. The number of hydrogen-bond acceptors (Lipinski definition) is 5. The highest BCUT2D eigenvalue weighted by atomic mass is 32.2. The zero-order valence-corrected chi connectivity index (χ0v) is 9.80. The molecule has 1 aliphatic heterocycles. The first-order chi connectivity index (χ1) is 7.31. The Labute approximate surface area is 93.5 Å². The molecule has 0 radical (unpaired) electrons. The van der Waals surface area contributed by atoms with Crippen LogP contribution in [0.15, 0.2) is 0 Å². The van der Waals surface area contributed by atoms with Gasteiger partial charge in [0.05, 0.1) is 18.1 Å². The Kier molecular flexibility index (Phi) is 3.90. The van der Waals surface area contributed by atoms with Gasteiger partial charge in [-0.2, -0.15) is 0 Å². The van der Waals surface area contributed by atoms with E-state index >= 15 is 0 Å². The molecule has 0 spiro atoms. The van der Waals surface area contributed by atoms with Crippen molar-refractivity contribution in [2.75, 3.05) is 18.1 Å². The van der Waals surface area contributed by atoms with Gasteiger partial charge in [-0.25, -0.2) is 17.6 Å². The van der Waals surface area contributed by atoms with E-state index in [9.17, 15) is 22.7 Å². The summed E-state index contributed by atoms with van der Waals surface area (Å²) in [6, 6.07) is 0. The Morgan fingerprint density at radius 1 is 1.62 bits per heavy atom. The van der Waals surface area contributed by atoms with Crippen LogP contribution in [0.2, 0.25) is 0 Å². The number of carbonyl (C=O) groups excluding carboxylic acids is 1. The molecule has 1 rings (SSSR count). The van der Waals surface area contributed by atoms with Gasteiger partial charge < -0.3 is 9.84 Å². The van der Waals surface area contributed by atoms with E-state index in [1.807, 2.05) is 0 Å². The molecule has 0 aromatic carbocycles. The average molecular weight is 254 g/mol. The van der Waals surface area contributed by atoms with Crippen LogP contribution in [0, 0.1) is 0 Å². The molecular formula is C9H15FO5S. The van der Waals surface area contributed by atoms with Crippen molar-refractivity contribution in [2.45, 2.75) is 31.5 Å². The number of esters is 1. The van der Waals surface area contributed by atoms with Crippen molar-refractivity contribution in [3.63, 3.8) is 0 Å². The van der Waals surface area contributed by atoms with Crippen molar-refractivity contribution in [1.29, 1.82) is 0 Å². The lowest BCUT2D eigenvalue weighted by Gasteiger charge is -2.33. The molecular weight excluding hydrogens is 239 g/mol. The van der Waals surface area contributed by atoms with Gasteiger partial charge in [0.15, 0.2) is 9.84 Å². The topological polar surface area (TPSA) is 80.7 Å². The SMILES string of the molecule is CCOC(=O)C(F)C1(O)CCCS(=O)(=O)C1. The van der Waals surface area contributed by atoms with Crippen molar-refractivity contribution in [2.24, 2.45) is 0 Å². The molecule has 1 fully saturated rings. The number of carbonyl (C=O) groups is 1. The number of aliphatic hydroxyl groups is 1. The van der Waals surface area contributed by atoms with E-state index in [-0.39, 0.29) is 25.2 Å². The lowest BCUT2D eigenvalue weighted by atomic mass is 9.94. The third-order valence-electron chi connectivity index (χ3n) is 2.50. The number of alkyl halides is 1. The second-order valence-electron chi connectivity index (χ2n) is 3.91. The highest BCUT2D eigenvalue weighted by Crippen LogP contribution is 2.28. The number of hydrogen-bond donors (Lipinski definition) is 1. The van der Waals surface area contributed by atoms with Gasteiger partial charge in [0.1, 0.15) is 5.60 Å². The fraction of sp³-hybridized carbons (Fsp3) is 0.889. The van der Waals surface area contributed by atoms with E-state index in [1.54, 1.807) is 0 Å². The molecule has 0 bridgehead atoms. The summed E-state index contributed by atoms with van der Waals surface area (Å²) >= 11 is 0. The van der Waals surface area contributed by atoms with Gasteiger partial charge in [0.25, 0.3) is 0 Å². The summed E-state index contributed by atoms with van der Waals surface area (Å²) in [4.78, 5) is 11.1. The first-order valence-electron chi connectivity index (χ1n) is 5.04. The van der Waals surface area contributed by atoms with Crippen LogP contribution >= 0.6 is 0 Å². The van der Waals surface area contributed by atoms with Gasteiger partial charge in [-0.05, 0) is 19.8 Å². The summed E-state index contributed by atoms with van der Waals surface area (Å²) in [6.07, 6.45) is -2.20. The molecule has 2 unspecified atom stereocenters. The smallest absolute Gasteiger partial charge is 0.343 e. The molecule has 1 aliphatic rings. The molecule has 0 aromatic rings. The minimum atomic E-state index is -3.48. The first-order valence-corrected chi connectivity index (χ1v) is 6.86. The van der Waals surface area contributed by atoms with Gasteiger partial charge >= 0.3 is 5.97 Å². The molecule has 5 nitrogen and oxygen atoms in total. The molecule has 7 heteroatoms. The van der Waals surface area contributed by atoms with Gasteiger partial charge in [0.2, 0.25) is 6.17 Å². The predicted molar refractivity (Wildman–Crippen MR) is 54.4 cm³/mol.